The molecule has 5 heteroatoms. The maximum atomic E-state index is 12.9. The zero-order valence-corrected chi connectivity index (χ0v) is 6.74. The van der Waals surface area contributed by atoms with Crippen LogP contribution in [0.4, 0.5) is 4.39 Å². The van der Waals surface area contributed by atoms with Crippen molar-refractivity contribution in [3.8, 4) is 0 Å². The first kappa shape index (κ1) is 9.44. The van der Waals surface area contributed by atoms with E-state index in [1.165, 1.54) is 6.07 Å². The second-order valence-corrected chi connectivity index (χ2v) is 2.52. The number of pyridine rings is 1. The Morgan fingerprint density at radius 2 is 2.38 bits per heavy atom. The van der Waals surface area contributed by atoms with Crippen molar-refractivity contribution >= 4 is 5.97 Å². The second-order valence-electron chi connectivity index (χ2n) is 2.52. The number of rotatable bonds is 3. The average molecular weight is 185 g/mol. The molecule has 70 valence electrons. The SMILES string of the molecule is O=C(O)CCc1c(F)ccc[n+]1[O-]. The first-order chi connectivity index (χ1) is 6.11. The normalized spacial score (nSPS) is 9.92. The Morgan fingerprint density at radius 3 is 2.92 bits per heavy atom. The highest BCUT2D eigenvalue weighted by Crippen LogP contribution is 2.03. The van der Waals surface area contributed by atoms with E-state index in [2.05, 4.69) is 0 Å². The number of hydrogen-bond donors (Lipinski definition) is 1. The lowest BCUT2D eigenvalue weighted by Gasteiger charge is -2.02. The highest BCUT2D eigenvalue weighted by atomic mass is 19.1. The third kappa shape index (κ3) is 2.40. The molecule has 1 aromatic rings. The molecule has 0 saturated carbocycles. The van der Waals surface area contributed by atoms with Gasteiger partial charge in [0.15, 0.2) is 12.0 Å². The number of halogens is 1. The van der Waals surface area contributed by atoms with Gasteiger partial charge in [0.1, 0.15) is 0 Å². The summed E-state index contributed by atoms with van der Waals surface area (Å²) in [5.74, 6) is -1.72. The van der Waals surface area contributed by atoms with Crippen LogP contribution in [-0.4, -0.2) is 11.1 Å². The van der Waals surface area contributed by atoms with E-state index in [9.17, 15) is 14.4 Å². The Morgan fingerprint density at radius 1 is 1.69 bits per heavy atom. The largest absolute Gasteiger partial charge is 0.618 e. The Bertz CT molecular complexity index is 307. The van der Waals surface area contributed by atoms with Gasteiger partial charge >= 0.3 is 5.97 Å². The number of carbonyl (C=O) groups is 1. The molecule has 0 aliphatic rings. The van der Waals surface area contributed by atoms with Crippen molar-refractivity contribution in [2.45, 2.75) is 12.8 Å². The van der Waals surface area contributed by atoms with E-state index in [4.69, 9.17) is 5.11 Å². The van der Waals surface area contributed by atoms with Gasteiger partial charge in [-0.05, 0) is 6.07 Å². The predicted molar refractivity (Wildman–Crippen MR) is 41.3 cm³/mol. The van der Waals surface area contributed by atoms with E-state index in [0.29, 0.717) is 4.73 Å². The number of aromatic nitrogens is 1. The van der Waals surface area contributed by atoms with Crippen LogP contribution in [0.25, 0.3) is 0 Å². The van der Waals surface area contributed by atoms with Gasteiger partial charge in [0.05, 0.1) is 6.42 Å². The van der Waals surface area contributed by atoms with Crippen molar-refractivity contribution in [1.29, 1.82) is 0 Å². The molecule has 0 unspecified atom stereocenters. The van der Waals surface area contributed by atoms with E-state index >= 15 is 0 Å². The summed E-state index contributed by atoms with van der Waals surface area (Å²) in [7, 11) is 0. The van der Waals surface area contributed by atoms with Gasteiger partial charge in [0.25, 0.3) is 0 Å². The first-order valence-corrected chi connectivity index (χ1v) is 3.69. The summed E-state index contributed by atoms with van der Waals surface area (Å²) in [5, 5.41) is 19.3. The molecule has 0 aromatic carbocycles. The van der Waals surface area contributed by atoms with Crippen LogP contribution in [-0.2, 0) is 11.2 Å². The van der Waals surface area contributed by atoms with Crippen molar-refractivity contribution in [3.63, 3.8) is 0 Å². The zero-order chi connectivity index (χ0) is 9.84. The van der Waals surface area contributed by atoms with Gasteiger partial charge < -0.3 is 10.3 Å². The highest BCUT2D eigenvalue weighted by molar-refractivity contribution is 5.66. The summed E-state index contributed by atoms with van der Waals surface area (Å²) in [6.07, 6.45) is 0.801. The minimum atomic E-state index is -1.05. The van der Waals surface area contributed by atoms with Gasteiger partial charge in [0, 0.05) is 12.5 Å². The van der Waals surface area contributed by atoms with Gasteiger partial charge in [-0.1, -0.05) is 0 Å². The van der Waals surface area contributed by atoms with Gasteiger partial charge in [-0.3, -0.25) is 4.79 Å². The van der Waals surface area contributed by atoms with Crippen molar-refractivity contribution in [1.82, 2.24) is 0 Å². The summed E-state index contributed by atoms with van der Waals surface area (Å²) >= 11 is 0. The quantitative estimate of drug-likeness (QED) is 0.550. The maximum Gasteiger partial charge on any atom is 0.303 e. The van der Waals surface area contributed by atoms with E-state index in [1.807, 2.05) is 0 Å². The molecule has 0 saturated heterocycles. The first-order valence-electron chi connectivity index (χ1n) is 3.69. The molecule has 0 fully saturated rings. The van der Waals surface area contributed by atoms with Crippen molar-refractivity contribution in [2.24, 2.45) is 0 Å². The van der Waals surface area contributed by atoms with Crippen LogP contribution >= 0.6 is 0 Å². The average Bonchev–Trinajstić information content (AvgIpc) is 2.03. The molecule has 1 N–H and O–H groups in total. The molecular formula is C8H8FNO3. The second kappa shape index (κ2) is 3.84. The Hall–Kier alpha value is -1.65. The third-order valence-corrected chi connectivity index (χ3v) is 1.58. The van der Waals surface area contributed by atoms with E-state index in [-0.39, 0.29) is 18.5 Å². The molecule has 13 heavy (non-hydrogen) atoms. The highest BCUT2D eigenvalue weighted by Gasteiger charge is 2.13. The number of carboxylic acids is 1. The summed E-state index contributed by atoms with van der Waals surface area (Å²) in [5.41, 5.74) is -0.134. The van der Waals surface area contributed by atoms with Crippen LogP contribution in [0.5, 0.6) is 0 Å². The molecule has 0 spiro atoms. The molecule has 0 bridgehead atoms. The summed E-state index contributed by atoms with van der Waals surface area (Å²) in [4.78, 5) is 10.2. The Balaban J connectivity index is 2.81. The summed E-state index contributed by atoms with van der Waals surface area (Å²) in [6, 6.07) is 2.40. The Kier molecular flexibility index (Phi) is 2.79. The van der Waals surface area contributed by atoms with Crippen LogP contribution in [0.3, 0.4) is 0 Å². The van der Waals surface area contributed by atoms with E-state index in [1.54, 1.807) is 0 Å². The van der Waals surface area contributed by atoms with Crippen molar-refractivity contribution in [2.75, 3.05) is 0 Å². The monoisotopic (exact) mass is 185 g/mol. The standard InChI is InChI=1S/C8H8FNO3/c9-6-2-1-5-10(13)7(6)3-4-8(11)12/h1-2,5H,3-4H2,(H,11,12). The fraction of sp³-hybridized carbons (Fsp3) is 0.250. The van der Waals surface area contributed by atoms with Crippen LogP contribution in [0.1, 0.15) is 12.1 Å². The van der Waals surface area contributed by atoms with Gasteiger partial charge in [-0.25, -0.2) is 0 Å². The fourth-order valence-electron chi connectivity index (χ4n) is 0.952. The lowest BCUT2D eigenvalue weighted by molar-refractivity contribution is -0.615. The third-order valence-electron chi connectivity index (χ3n) is 1.58. The molecule has 0 radical (unpaired) electrons. The molecular weight excluding hydrogens is 177 g/mol. The molecule has 0 aliphatic carbocycles. The summed E-state index contributed by atoms with van der Waals surface area (Å²) < 4.78 is 13.2. The molecule has 1 rings (SSSR count). The van der Waals surface area contributed by atoms with E-state index in [0.717, 1.165) is 12.3 Å². The van der Waals surface area contributed by atoms with Gasteiger partial charge in [-0.2, -0.15) is 9.12 Å². The molecule has 1 heterocycles. The van der Waals surface area contributed by atoms with Crippen LogP contribution in [0.2, 0.25) is 0 Å². The van der Waals surface area contributed by atoms with E-state index < -0.39 is 11.8 Å². The smallest absolute Gasteiger partial charge is 0.303 e. The van der Waals surface area contributed by atoms with Crippen LogP contribution in [0.15, 0.2) is 18.3 Å². The topological polar surface area (TPSA) is 64.2 Å². The van der Waals surface area contributed by atoms with Crippen molar-refractivity contribution in [3.05, 3.63) is 35.0 Å². The number of aliphatic carboxylic acids is 1. The zero-order valence-electron chi connectivity index (χ0n) is 6.74. The molecule has 0 aliphatic heterocycles. The molecule has 0 amide bonds. The van der Waals surface area contributed by atoms with Crippen LogP contribution in [0, 0.1) is 11.0 Å². The summed E-state index contributed by atoms with van der Waals surface area (Å²) in [6.45, 7) is 0. The maximum absolute atomic E-state index is 12.9. The lowest BCUT2D eigenvalue weighted by atomic mass is 10.2. The molecule has 1 aromatic heterocycles. The van der Waals surface area contributed by atoms with Crippen LogP contribution < -0.4 is 4.73 Å². The lowest BCUT2D eigenvalue weighted by Crippen LogP contribution is -2.32. The number of carboxylic acid groups (broad SMARTS) is 1. The van der Waals surface area contributed by atoms with Gasteiger partial charge in [0.2, 0.25) is 5.69 Å². The molecule has 0 atom stereocenters. The number of hydrogen-bond acceptors (Lipinski definition) is 2. The Labute approximate surface area is 73.8 Å². The molecule has 4 nitrogen and oxygen atoms in total. The number of nitrogens with zero attached hydrogens (tertiary/aromatic N) is 1. The minimum Gasteiger partial charge on any atom is -0.618 e. The van der Waals surface area contributed by atoms with Gasteiger partial charge in [-0.15, -0.1) is 0 Å². The predicted octanol–water partition coefficient (Wildman–Crippen LogP) is 0.476. The fourth-order valence-corrected chi connectivity index (χ4v) is 0.952. The minimum absolute atomic E-state index is 0.0918. The van der Waals surface area contributed by atoms with Crippen molar-refractivity contribution < 1.29 is 19.0 Å².